The molecule has 2 aliphatic heterocycles. The van der Waals surface area contributed by atoms with Crippen LogP contribution in [0.15, 0.2) is 60.8 Å². The molecule has 0 saturated carbocycles. The van der Waals surface area contributed by atoms with Crippen molar-refractivity contribution in [3.05, 3.63) is 71.9 Å². The molecule has 4 N–H and O–H groups in total. The van der Waals surface area contributed by atoms with Crippen LogP contribution in [0.25, 0.3) is 6.08 Å². The first-order valence-corrected chi connectivity index (χ1v) is 13.3. The van der Waals surface area contributed by atoms with Crippen LogP contribution in [0.5, 0.6) is 5.75 Å². The fourth-order valence-corrected chi connectivity index (χ4v) is 4.38. The molecule has 2 heterocycles. The highest BCUT2D eigenvalue weighted by atomic mass is 16.5. The maximum Gasteiger partial charge on any atom is 0.247 e. The van der Waals surface area contributed by atoms with Crippen molar-refractivity contribution < 1.29 is 19.1 Å². The van der Waals surface area contributed by atoms with E-state index in [0.717, 1.165) is 11.1 Å². The zero-order valence-electron chi connectivity index (χ0n) is 22.9. The molecule has 8 nitrogen and oxygen atoms in total. The summed E-state index contributed by atoms with van der Waals surface area (Å²) in [7, 11) is 1.72. The Morgan fingerprint density at radius 3 is 2.29 bits per heavy atom. The summed E-state index contributed by atoms with van der Waals surface area (Å²) < 4.78 is 6.32. The van der Waals surface area contributed by atoms with Crippen molar-refractivity contribution in [3.8, 4) is 5.75 Å². The monoisotopic (exact) mass is 520 g/mol. The minimum atomic E-state index is -1.04. The van der Waals surface area contributed by atoms with E-state index in [9.17, 15) is 14.4 Å². The third-order valence-corrected chi connectivity index (χ3v) is 6.96. The largest absolute Gasteiger partial charge is 0.487 e. The number of likely N-dealkylation sites (N-methyl/N-ethyl adjacent to an activating group) is 1. The lowest BCUT2D eigenvalue weighted by Crippen LogP contribution is -2.62. The van der Waals surface area contributed by atoms with Gasteiger partial charge < -0.3 is 26.0 Å². The van der Waals surface area contributed by atoms with Gasteiger partial charge in [0.2, 0.25) is 17.7 Å². The number of rotatable bonds is 8. The summed E-state index contributed by atoms with van der Waals surface area (Å²) in [5.74, 6) is -0.781. The predicted octanol–water partition coefficient (Wildman–Crippen LogP) is 3.04. The standard InChI is InChI=1S/C30H40N4O4/c1-6-20(4)25-29(36)32-17-16-21-12-14-23(15-13-21)38-27(19(2)3)26(30(37)33-25)34-28(35)24(31-5)18-22-10-8-7-9-11-22/h7-17,19-20,24-27,31H,6,18H2,1-5H3,(H,32,36)(H,33,37)(H,34,35)/b17-16+/t20-,24-,25-,26+,27-/m1/s1. The lowest BCUT2D eigenvalue weighted by atomic mass is 9.94. The molecule has 4 rings (SSSR count). The average molecular weight is 521 g/mol. The number of hydrogen-bond acceptors (Lipinski definition) is 5. The number of carbonyl (C=O) groups is 3. The first-order chi connectivity index (χ1) is 18.2. The molecule has 0 spiro atoms. The normalized spacial score (nSPS) is 22.4. The second-order valence-electron chi connectivity index (χ2n) is 10.1. The molecule has 0 aliphatic carbocycles. The highest BCUT2D eigenvalue weighted by Gasteiger charge is 2.38. The maximum absolute atomic E-state index is 13.8. The maximum atomic E-state index is 13.8. The first-order valence-electron chi connectivity index (χ1n) is 13.3. The molecule has 204 valence electrons. The van der Waals surface area contributed by atoms with Gasteiger partial charge in [0.05, 0.1) is 6.04 Å². The van der Waals surface area contributed by atoms with E-state index >= 15 is 0 Å². The number of fused-ring (bicyclic) bond motifs is 10. The van der Waals surface area contributed by atoms with Crippen LogP contribution in [-0.2, 0) is 20.8 Å². The minimum absolute atomic E-state index is 0.128. The highest BCUT2D eigenvalue weighted by molar-refractivity contribution is 5.94. The van der Waals surface area contributed by atoms with Crippen molar-refractivity contribution >= 4 is 23.8 Å². The molecule has 2 bridgehead atoms. The number of hydrogen-bond donors (Lipinski definition) is 4. The van der Waals surface area contributed by atoms with Crippen molar-refractivity contribution in [3.63, 3.8) is 0 Å². The molecule has 38 heavy (non-hydrogen) atoms. The number of amides is 3. The average Bonchev–Trinajstić information content (AvgIpc) is 2.92. The van der Waals surface area contributed by atoms with Gasteiger partial charge in [-0.15, -0.1) is 0 Å². The van der Waals surface area contributed by atoms with E-state index in [1.54, 1.807) is 19.3 Å². The Morgan fingerprint density at radius 1 is 1.00 bits per heavy atom. The van der Waals surface area contributed by atoms with Crippen LogP contribution in [0, 0.1) is 11.8 Å². The summed E-state index contributed by atoms with van der Waals surface area (Å²) in [6.07, 6.45) is 3.82. The van der Waals surface area contributed by atoms with Crippen LogP contribution in [0.2, 0.25) is 0 Å². The van der Waals surface area contributed by atoms with E-state index in [0.29, 0.717) is 18.6 Å². The third-order valence-electron chi connectivity index (χ3n) is 6.96. The molecule has 0 saturated heterocycles. The number of benzene rings is 2. The molecule has 3 amide bonds. The molecular weight excluding hydrogens is 480 g/mol. The molecule has 2 aromatic carbocycles. The second kappa shape index (κ2) is 13.8. The summed E-state index contributed by atoms with van der Waals surface area (Å²) >= 11 is 0. The quantitative estimate of drug-likeness (QED) is 0.428. The van der Waals surface area contributed by atoms with Crippen LogP contribution < -0.4 is 26.0 Å². The summed E-state index contributed by atoms with van der Waals surface area (Å²) in [6, 6.07) is 14.7. The van der Waals surface area contributed by atoms with Gasteiger partial charge in [-0.1, -0.05) is 76.6 Å². The fraction of sp³-hybridized carbons (Fsp3) is 0.433. The van der Waals surface area contributed by atoms with Gasteiger partial charge in [0.25, 0.3) is 0 Å². The van der Waals surface area contributed by atoms with Crippen LogP contribution in [0.1, 0.15) is 45.2 Å². The molecular formula is C30H40N4O4. The Hall–Kier alpha value is -3.65. The Labute approximate surface area is 225 Å². The Balaban J connectivity index is 1.97. The van der Waals surface area contributed by atoms with E-state index in [2.05, 4.69) is 21.3 Å². The van der Waals surface area contributed by atoms with Crippen molar-refractivity contribution in [2.24, 2.45) is 11.8 Å². The van der Waals surface area contributed by atoms with Gasteiger partial charge in [-0.3, -0.25) is 14.4 Å². The molecule has 0 unspecified atom stereocenters. The van der Waals surface area contributed by atoms with E-state index in [-0.39, 0.29) is 23.7 Å². The van der Waals surface area contributed by atoms with Crippen molar-refractivity contribution in [1.29, 1.82) is 0 Å². The highest BCUT2D eigenvalue weighted by Crippen LogP contribution is 2.21. The van der Waals surface area contributed by atoms with E-state index < -0.39 is 30.1 Å². The van der Waals surface area contributed by atoms with E-state index in [1.807, 2.05) is 82.3 Å². The smallest absolute Gasteiger partial charge is 0.247 e. The van der Waals surface area contributed by atoms with Crippen molar-refractivity contribution in [2.45, 2.75) is 64.8 Å². The first kappa shape index (κ1) is 28.9. The van der Waals surface area contributed by atoms with Gasteiger partial charge in [-0.2, -0.15) is 0 Å². The zero-order valence-corrected chi connectivity index (χ0v) is 22.9. The van der Waals surface area contributed by atoms with Gasteiger partial charge in [-0.05, 0) is 54.6 Å². The second-order valence-corrected chi connectivity index (χ2v) is 10.1. The summed E-state index contributed by atoms with van der Waals surface area (Å²) in [5.41, 5.74) is 1.89. The molecule has 0 fully saturated rings. The number of nitrogens with one attached hydrogen (secondary N) is 4. The van der Waals surface area contributed by atoms with Gasteiger partial charge in [0, 0.05) is 6.20 Å². The van der Waals surface area contributed by atoms with E-state index in [4.69, 9.17) is 4.74 Å². The lowest BCUT2D eigenvalue weighted by molar-refractivity contribution is -0.135. The summed E-state index contributed by atoms with van der Waals surface area (Å²) in [6.45, 7) is 7.76. The van der Waals surface area contributed by atoms with Crippen LogP contribution in [-0.4, -0.2) is 49.0 Å². The van der Waals surface area contributed by atoms with Gasteiger partial charge >= 0.3 is 0 Å². The lowest BCUT2D eigenvalue weighted by Gasteiger charge is -2.33. The summed E-state index contributed by atoms with van der Waals surface area (Å²) in [4.78, 5) is 40.4. The fourth-order valence-electron chi connectivity index (χ4n) is 4.38. The van der Waals surface area contributed by atoms with Gasteiger partial charge in [0.1, 0.15) is 23.9 Å². The zero-order chi connectivity index (χ0) is 27.7. The van der Waals surface area contributed by atoms with Gasteiger partial charge in [-0.25, -0.2) is 0 Å². The molecule has 0 radical (unpaired) electrons. The number of ether oxygens (including phenoxy) is 1. The van der Waals surface area contributed by atoms with Gasteiger partial charge in [0.15, 0.2) is 0 Å². The summed E-state index contributed by atoms with van der Waals surface area (Å²) in [5, 5.41) is 11.7. The third kappa shape index (κ3) is 7.68. The topological polar surface area (TPSA) is 109 Å². The number of carbonyl (C=O) groups excluding carboxylic acids is 3. The predicted molar refractivity (Wildman–Crippen MR) is 149 cm³/mol. The Morgan fingerprint density at radius 2 is 1.68 bits per heavy atom. The Kier molecular flexibility index (Phi) is 10.5. The van der Waals surface area contributed by atoms with Crippen LogP contribution >= 0.6 is 0 Å². The van der Waals surface area contributed by atoms with Crippen LogP contribution in [0.3, 0.4) is 0 Å². The van der Waals surface area contributed by atoms with Crippen molar-refractivity contribution in [2.75, 3.05) is 7.05 Å². The molecule has 8 heteroatoms. The minimum Gasteiger partial charge on any atom is -0.487 e. The van der Waals surface area contributed by atoms with Crippen LogP contribution in [0.4, 0.5) is 0 Å². The SMILES string of the molecule is CC[C@@H](C)[C@H]1NC(=O)[C@@H](NC(=O)[C@@H](Cc2ccccc2)NC)[C@@H](C(C)C)Oc2ccc(cc2)/C=C/NC1=O. The molecule has 0 aromatic heterocycles. The van der Waals surface area contributed by atoms with E-state index in [1.165, 1.54) is 0 Å². The molecule has 2 aliphatic rings. The molecule has 5 atom stereocenters. The van der Waals surface area contributed by atoms with Crippen molar-refractivity contribution in [1.82, 2.24) is 21.3 Å². The Bertz CT molecular complexity index is 1100. The molecule has 2 aromatic rings.